The van der Waals surface area contributed by atoms with Crippen LogP contribution >= 0.6 is 0 Å². The smallest absolute Gasteiger partial charge is 0.310 e. The molecule has 3 aromatic carbocycles. The van der Waals surface area contributed by atoms with Crippen molar-refractivity contribution in [2.75, 3.05) is 13.7 Å². The molecule has 1 aliphatic rings. The highest BCUT2D eigenvalue weighted by Gasteiger charge is 2.20. The van der Waals surface area contributed by atoms with Crippen molar-refractivity contribution >= 4 is 5.97 Å². The minimum absolute atomic E-state index is 0.202. The average Bonchev–Trinajstić information content (AvgIpc) is 2.79. The third kappa shape index (κ3) is 4.33. The molecule has 0 fully saturated rings. The van der Waals surface area contributed by atoms with E-state index in [2.05, 4.69) is 12.1 Å². The first-order valence-corrected chi connectivity index (χ1v) is 10.3. The summed E-state index contributed by atoms with van der Waals surface area (Å²) >= 11 is 0. The maximum absolute atomic E-state index is 12.2. The molecule has 30 heavy (non-hydrogen) atoms. The quantitative estimate of drug-likeness (QED) is 0.526. The number of fused-ring (bicyclic) bond motifs is 1. The number of carbonyl (C=O) groups is 1. The van der Waals surface area contributed by atoms with Crippen molar-refractivity contribution in [3.8, 4) is 22.6 Å². The lowest BCUT2D eigenvalue weighted by atomic mass is 9.91. The van der Waals surface area contributed by atoms with Gasteiger partial charge in [0.25, 0.3) is 0 Å². The van der Waals surface area contributed by atoms with Crippen molar-refractivity contribution < 1.29 is 19.0 Å². The van der Waals surface area contributed by atoms with Crippen LogP contribution in [0.5, 0.6) is 11.5 Å². The normalized spacial score (nSPS) is 12.6. The Morgan fingerprint density at radius 1 is 1.07 bits per heavy atom. The van der Waals surface area contributed by atoms with Crippen molar-refractivity contribution in [3.05, 3.63) is 82.9 Å². The molecule has 0 amide bonds. The second-order valence-electron chi connectivity index (χ2n) is 7.54. The van der Waals surface area contributed by atoms with Crippen molar-refractivity contribution in [1.29, 1.82) is 0 Å². The molecule has 0 radical (unpaired) electrons. The monoisotopic (exact) mass is 402 g/mol. The van der Waals surface area contributed by atoms with Crippen LogP contribution in [0.25, 0.3) is 11.1 Å². The molecule has 0 saturated heterocycles. The van der Waals surface area contributed by atoms with Crippen LogP contribution in [0.15, 0.2) is 60.7 Å². The van der Waals surface area contributed by atoms with Gasteiger partial charge in [-0.3, -0.25) is 4.79 Å². The molecule has 3 aromatic rings. The van der Waals surface area contributed by atoms with Gasteiger partial charge in [-0.1, -0.05) is 42.5 Å². The van der Waals surface area contributed by atoms with Gasteiger partial charge in [-0.05, 0) is 65.8 Å². The summed E-state index contributed by atoms with van der Waals surface area (Å²) in [6, 6.07) is 20.3. The van der Waals surface area contributed by atoms with Crippen molar-refractivity contribution in [1.82, 2.24) is 0 Å². The van der Waals surface area contributed by atoms with Gasteiger partial charge in [0.05, 0.1) is 20.1 Å². The first-order chi connectivity index (χ1) is 14.7. The minimum Gasteiger partial charge on any atom is -0.493 e. The summed E-state index contributed by atoms with van der Waals surface area (Å²) in [4.78, 5) is 12.2. The van der Waals surface area contributed by atoms with Crippen LogP contribution in [0.2, 0.25) is 0 Å². The molecular weight excluding hydrogens is 376 g/mol. The Morgan fingerprint density at radius 3 is 2.70 bits per heavy atom. The van der Waals surface area contributed by atoms with Gasteiger partial charge in [0.15, 0.2) is 0 Å². The zero-order valence-electron chi connectivity index (χ0n) is 17.4. The first kappa shape index (κ1) is 20.0. The zero-order valence-corrected chi connectivity index (χ0v) is 17.4. The number of ether oxygens (including phenoxy) is 3. The summed E-state index contributed by atoms with van der Waals surface area (Å²) in [5.74, 6) is 1.44. The van der Waals surface area contributed by atoms with E-state index in [1.807, 2.05) is 55.5 Å². The first-order valence-electron chi connectivity index (χ1n) is 10.3. The van der Waals surface area contributed by atoms with E-state index in [1.165, 1.54) is 12.7 Å². The maximum atomic E-state index is 12.2. The summed E-state index contributed by atoms with van der Waals surface area (Å²) in [6.07, 6.45) is 2.20. The Morgan fingerprint density at radius 2 is 1.90 bits per heavy atom. The number of carbonyl (C=O) groups excluding carboxylic acids is 1. The molecule has 0 bridgehead atoms. The van der Waals surface area contributed by atoms with Crippen LogP contribution in [-0.4, -0.2) is 19.7 Å². The number of benzene rings is 3. The number of hydrogen-bond acceptors (Lipinski definition) is 4. The summed E-state index contributed by atoms with van der Waals surface area (Å²) in [6.45, 7) is 3.24. The van der Waals surface area contributed by atoms with E-state index in [0.717, 1.165) is 58.8 Å². The van der Waals surface area contributed by atoms with E-state index in [4.69, 9.17) is 14.2 Å². The Bertz CT molecular complexity index is 1040. The fourth-order valence-corrected chi connectivity index (χ4v) is 3.86. The number of rotatable bonds is 6. The molecule has 1 aliphatic heterocycles. The molecular formula is C26H26O4. The van der Waals surface area contributed by atoms with E-state index in [9.17, 15) is 4.79 Å². The summed E-state index contributed by atoms with van der Waals surface area (Å²) in [5, 5.41) is 0. The van der Waals surface area contributed by atoms with Crippen LogP contribution < -0.4 is 9.47 Å². The Hall–Kier alpha value is -3.27. The summed E-state index contributed by atoms with van der Waals surface area (Å²) in [7, 11) is 1.42. The lowest BCUT2D eigenvalue weighted by Gasteiger charge is -2.21. The highest BCUT2D eigenvalue weighted by atomic mass is 16.5. The molecule has 1 heterocycles. The van der Waals surface area contributed by atoms with Gasteiger partial charge in [0.2, 0.25) is 0 Å². The predicted molar refractivity (Wildman–Crippen MR) is 117 cm³/mol. The molecule has 0 spiro atoms. The van der Waals surface area contributed by atoms with E-state index in [1.54, 1.807) is 0 Å². The SMILES string of the molecule is COC(=O)Cc1c(C)ccc(OCc2ccccc2)c1-c1ccc2c(c1)CCCO2. The van der Waals surface area contributed by atoms with Gasteiger partial charge in [-0.25, -0.2) is 0 Å². The molecule has 0 aromatic heterocycles. The van der Waals surface area contributed by atoms with Crippen LogP contribution in [-0.2, 0) is 29.0 Å². The topological polar surface area (TPSA) is 44.8 Å². The molecule has 0 unspecified atom stereocenters. The molecule has 0 saturated carbocycles. The predicted octanol–water partition coefficient (Wildman–Crippen LogP) is 5.28. The minimum atomic E-state index is -0.263. The van der Waals surface area contributed by atoms with Gasteiger partial charge in [0.1, 0.15) is 18.1 Å². The summed E-state index contributed by atoms with van der Waals surface area (Å²) < 4.78 is 17.0. The van der Waals surface area contributed by atoms with E-state index < -0.39 is 0 Å². The molecule has 4 rings (SSSR count). The van der Waals surface area contributed by atoms with E-state index in [0.29, 0.717) is 6.61 Å². The van der Waals surface area contributed by atoms with Gasteiger partial charge in [-0.15, -0.1) is 0 Å². The number of hydrogen-bond donors (Lipinski definition) is 0. The molecule has 0 N–H and O–H groups in total. The zero-order chi connectivity index (χ0) is 20.9. The molecule has 4 heteroatoms. The fraction of sp³-hybridized carbons (Fsp3) is 0.269. The number of esters is 1. The van der Waals surface area contributed by atoms with Crippen molar-refractivity contribution in [3.63, 3.8) is 0 Å². The van der Waals surface area contributed by atoms with Crippen LogP contribution in [0, 0.1) is 6.92 Å². The summed E-state index contributed by atoms with van der Waals surface area (Å²) in [5.41, 5.74) is 6.24. The molecule has 154 valence electrons. The fourth-order valence-electron chi connectivity index (χ4n) is 3.86. The van der Waals surface area contributed by atoms with E-state index in [-0.39, 0.29) is 12.4 Å². The molecule has 0 atom stereocenters. The average molecular weight is 402 g/mol. The Balaban J connectivity index is 1.78. The highest BCUT2D eigenvalue weighted by molar-refractivity contribution is 5.82. The number of aryl methyl sites for hydroxylation is 2. The second kappa shape index (κ2) is 9.04. The second-order valence-corrected chi connectivity index (χ2v) is 7.54. The van der Waals surface area contributed by atoms with Crippen LogP contribution in [0.3, 0.4) is 0 Å². The third-order valence-electron chi connectivity index (χ3n) is 5.49. The molecule has 4 nitrogen and oxygen atoms in total. The lowest BCUT2D eigenvalue weighted by molar-refractivity contribution is -0.139. The van der Waals surface area contributed by atoms with E-state index >= 15 is 0 Å². The van der Waals surface area contributed by atoms with Gasteiger partial charge in [0, 0.05) is 5.56 Å². The Labute approximate surface area is 177 Å². The van der Waals surface area contributed by atoms with Gasteiger partial charge in [-0.2, -0.15) is 0 Å². The van der Waals surface area contributed by atoms with Crippen molar-refractivity contribution in [2.24, 2.45) is 0 Å². The van der Waals surface area contributed by atoms with Gasteiger partial charge >= 0.3 is 5.97 Å². The van der Waals surface area contributed by atoms with Crippen LogP contribution in [0.1, 0.15) is 28.7 Å². The van der Waals surface area contributed by atoms with Crippen LogP contribution in [0.4, 0.5) is 0 Å². The highest BCUT2D eigenvalue weighted by Crippen LogP contribution is 2.39. The third-order valence-corrected chi connectivity index (χ3v) is 5.49. The Kier molecular flexibility index (Phi) is 6.03. The van der Waals surface area contributed by atoms with Gasteiger partial charge < -0.3 is 14.2 Å². The maximum Gasteiger partial charge on any atom is 0.310 e. The lowest BCUT2D eigenvalue weighted by Crippen LogP contribution is -2.10. The number of methoxy groups -OCH3 is 1. The molecule has 0 aliphatic carbocycles. The standard InChI is InChI=1S/C26H26O4/c1-18-10-12-24(30-17-19-7-4-3-5-8-19)26(22(18)16-25(27)28-2)21-11-13-23-20(15-21)9-6-14-29-23/h3-5,7-8,10-13,15H,6,9,14,16-17H2,1-2H3. The van der Waals surface area contributed by atoms with Crippen molar-refractivity contribution in [2.45, 2.75) is 32.8 Å². The largest absolute Gasteiger partial charge is 0.493 e.